The van der Waals surface area contributed by atoms with Gasteiger partial charge in [0.2, 0.25) is 5.91 Å². The second-order valence-corrected chi connectivity index (χ2v) is 11.7. The molecule has 1 amide bonds. The molecule has 274 valence electrons. The third kappa shape index (κ3) is 30.6. The summed E-state index contributed by atoms with van der Waals surface area (Å²) in [5, 5.41) is 20.5. The molecule has 13 nitrogen and oxygen atoms in total. The number of aliphatic carboxylic acids is 2. The lowest BCUT2D eigenvalue weighted by Crippen LogP contribution is -2.42. The molecule has 47 heavy (non-hydrogen) atoms. The molecule has 0 rings (SSSR count). The Labute approximate surface area is 281 Å². The van der Waals surface area contributed by atoms with Gasteiger partial charge in [0.25, 0.3) is 0 Å². The predicted octanol–water partition coefficient (Wildman–Crippen LogP) is 4.07. The van der Waals surface area contributed by atoms with E-state index in [4.69, 9.17) is 34.9 Å². The minimum Gasteiger partial charge on any atom is -0.481 e. The summed E-state index contributed by atoms with van der Waals surface area (Å²) >= 11 is 0. The highest BCUT2D eigenvalue weighted by atomic mass is 16.6. The summed E-state index contributed by atoms with van der Waals surface area (Å²) in [4.78, 5) is 56.2. The summed E-state index contributed by atoms with van der Waals surface area (Å²) in [5.41, 5.74) is 5.48. The fourth-order valence-corrected chi connectivity index (χ4v) is 4.91. The number of carbonyl (C=O) groups excluding carboxylic acids is 3. The highest BCUT2D eigenvalue weighted by molar-refractivity contribution is 5.89. The van der Waals surface area contributed by atoms with Crippen molar-refractivity contribution >= 4 is 29.9 Å². The van der Waals surface area contributed by atoms with Crippen LogP contribution < -0.4 is 11.1 Å². The number of nitrogens with one attached hydrogen (secondary N) is 1. The molecule has 0 aliphatic carbocycles. The van der Waals surface area contributed by atoms with Gasteiger partial charge in [0, 0.05) is 32.2 Å². The fraction of sp³-hybridized carbons (Fsp3) is 0.853. The number of unbranched alkanes of at least 4 members (excludes halogenated alkanes) is 13. The normalized spacial score (nSPS) is 12.4. The lowest BCUT2D eigenvalue weighted by molar-refractivity contribution is -0.143. The average molecular weight is 675 g/mol. The SMILES string of the molecule is N[C@H](C(=O)O)C(CC=O)C(=O)CCOCCOCCOCCOCCNC(=O)CCCCCCCCCCCCCCCCC(=O)O. The van der Waals surface area contributed by atoms with Crippen molar-refractivity contribution in [2.75, 3.05) is 59.4 Å². The monoisotopic (exact) mass is 674 g/mol. The van der Waals surface area contributed by atoms with Gasteiger partial charge in [-0.3, -0.25) is 19.2 Å². The van der Waals surface area contributed by atoms with E-state index in [1.165, 1.54) is 57.8 Å². The number of rotatable bonds is 37. The molecule has 13 heteroatoms. The Morgan fingerprint density at radius 3 is 1.40 bits per heavy atom. The molecule has 0 radical (unpaired) electrons. The second kappa shape index (κ2) is 33.5. The molecule has 0 aromatic heterocycles. The summed E-state index contributed by atoms with van der Waals surface area (Å²) < 4.78 is 21.6. The molecule has 0 spiro atoms. The van der Waals surface area contributed by atoms with Crippen LogP contribution in [0.3, 0.4) is 0 Å². The van der Waals surface area contributed by atoms with E-state index in [1.54, 1.807) is 0 Å². The molecule has 2 atom stereocenters. The van der Waals surface area contributed by atoms with Crippen LogP contribution in [0.5, 0.6) is 0 Å². The van der Waals surface area contributed by atoms with Crippen LogP contribution in [0.15, 0.2) is 0 Å². The van der Waals surface area contributed by atoms with Crippen LogP contribution in [0.4, 0.5) is 0 Å². The van der Waals surface area contributed by atoms with E-state index in [2.05, 4.69) is 5.32 Å². The van der Waals surface area contributed by atoms with Crippen LogP contribution in [-0.4, -0.2) is 106 Å². The quantitative estimate of drug-likeness (QED) is 0.0545. The first kappa shape index (κ1) is 44.5. The number of Topliss-reactive ketones (excluding diaryl/α,β-unsaturated/α-hetero) is 1. The third-order valence-corrected chi connectivity index (χ3v) is 7.70. The molecule has 0 heterocycles. The number of hydrogen-bond acceptors (Lipinski definition) is 10. The van der Waals surface area contributed by atoms with Crippen LogP contribution in [0.2, 0.25) is 0 Å². The number of amides is 1. The number of carbonyl (C=O) groups is 5. The molecule has 0 bridgehead atoms. The second-order valence-electron chi connectivity index (χ2n) is 11.7. The van der Waals surface area contributed by atoms with E-state index in [-0.39, 0.29) is 32.0 Å². The number of hydrogen-bond donors (Lipinski definition) is 4. The third-order valence-electron chi connectivity index (χ3n) is 7.70. The first-order valence-corrected chi connectivity index (χ1v) is 17.5. The predicted molar refractivity (Wildman–Crippen MR) is 177 cm³/mol. The zero-order valence-corrected chi connectivity index (χ0v) is 28.5. The topological polar surface area (TPSA) is 201 Å². The standard InChI is InChI=1S/C34H62N2O11/c35-33(34(42)43)29(17-20-37)30(38)18-21-44-23-25-46-27-28-47-26-24-45-22-19-36-31(39)15-13-11-9-7-5-3-1-2-4-6-8-10-12-14-16-32(40)41/h20,29,33H,1-19,21-28,35H2,(H,36,39)(H,40,41)(H,42,43)/t29?,33-/m0/s1. The minimum atomic E-state index is -1.41. The number of nitrogens with two attached hydrogens (primary N) is 1. The van der Waals surface area contributed by atoms with E-state index >= 15 is 0 Å². The number of ether oxygens (including phenoxy) is 4. The summed E-state index contributed by atoms with van der Waals surface area (Å²) in [6, 6.07) is -1.41. The lowest BCUT2D eigenvalue weighted by atomic mass is 9.91. The van der Waals surface area contributed by atoms with Crippen molar-refractivity contribution in [1.29, 1.82) is 0 Å². The van der Waals surface area contributed by atoms with Crippen LogP contribution in [0, 0.1) is 5.92 Å². The van der Waals surface area contributed by atoms with E-state index < -0.39 is 29.7 Å². The summed E-state index contributed by atoms with van der Waals surface area (Å²) in [5.74, 6) is -3.43. The molecular weight excluding hydrogens is 612 g/mol. The minimum absolute atomic E-state index is 0.0304. The Hall–Kier alpha value is -2.45. The Morgan fingerprint density at radius 1 is 0.574 bits per heavy atom. The van der Waals surface area contributed by atoms with Gasteiger partial charge in [-0.05, 0) is 12.8 Å². The van der Waals surface area contributed by atoms with Crippen LogP contribution in [0.1, 0.15) is 116 Å². The maximum absolute atomic E-state index is 12.1. The molecule has 0 saturated carbocycles. The maximum Gasteiger partial charge on any atom is 0.321 e. The molecule has 0 aliphatic heterocycles. The molecule has 0 saturated heterocycles. The largest absolute Gasteiger partial charge is 0.481 e. The molecule has 1 unspecified atom stereocenters. The van der Waals surface area contributed by atoms with Gasteiger partial charge in [0.05, 0.1) is 58.8 Å². The summed E-state index contributed by atoms with van der Waals surface area (Å²) in [7, 11) is 0. The van der Waals surface area contributed by atoms with Gasteiger partial charge in [-0.15, -0.1) is 0 Å². The Kier molecular flexibility index (Phi) is 31.7. The first-order chi connectivity index (χ1) is 22.8. The molecule has 0 aromatic rings. The Balaban J connectivity index is 3.35. The highest BCUT2D eigenvalue weighted by Gasteiger charge is 2.29. The average Bonchev–Trinajstić information content (AvgIpc) is 3.04. The van der Waals surface area contributed by atoms with Crippen molar-refractivity contribution in [2.24, 2.45) is 11.7 Å². The van der Waals surface area contributed by atoms with Gasteiger partial charge >= 0.3 is 11.9 Å². The smallest absolute Gasteiger partial charge is 0.321 e. The van der Waals surface area contributed by atoms with E-state index in [0.717, 1.165) is 32.1 Å². The first-order valence-electron chi connectivity index (χ1n) is 17.5. The van der Waals surface area contributed by atoms with Gasteiger partial charge in [-0.2, -0.15) is 0 Å². The van der Waals surface area contributed by atoms with E-state index in [0.29, 0.717) is 65.3 Å². The fourth-order valence-electron chi connectivity index (χ4n) is 4.91. The van der Waals surface area contributed by atoms with Gasteiger partial charge < -0.3 is 45.0 Å². The van der Waals surface area contributed by atoms with E-state index in [9.17, 15) is 24.0 Å². The summed E-state index contributed by atoms with van der Waals surface area (Å²) in [6.45, 7) is 3.14. The zero-order chi connectivity index (χ0) is 34.8. The summed E-state index contributed by atoms with van der Waals surface area (Å²) in [6.07, 6.45) is 17.3. The van der Waals surface area contributed by atoms with Gasteiger partial charge in [0.15, 0.2) is 0 Å². The van der Waals surface area contributed by atoms with E-state index in [1.807, 2.05) is 0 Å². The van der Waals surface area contributed by atoms with Crippen molar-refractivity contribution in [3.05, 3.63) is 0 Å². The van der Waals surface area contributed by atoms with Crippen LogP contribution in [-0.2, 0) is 42.9 Å². The van der Waals surface area contributed by atoms with Gasteiger partial charge in [0.1, 0.15) is 18.1 Å². The molecule has 5 N–H and O–H groups in total. The number of aldehydes is 1. The Morgan fingerprint density at radius 2 is 0.979 bits per heavy atom. The van der Waals surface area contributed by atoms with Crippen molar-refractivity contribution in [3.8, 4) is 0 Å². The maximum atomic E-state index is 12.1. The highest BCUT2D eigenvalue weighted by Crippen LogP contribution is 2.14. The van der Waals surface area contributed by atoms with Crippen molar-refractivity contribution in [1.82, 2.24) is 5.32 Å². The van der Waals surface area contributed by atoms with Gasteiger partial charge in [-0.25, -0.2) is 0 Å². The van der Waals surface area contributed by atoms with Crippen molar-refractivity contribution in [3.63, 3.8) is 0 Å². The van der Waals surface area contributed by atoms with Crippen molar-refractivity contribution < 1.29 is 53.1 Å². The Bertz CT molecular complexity index is 813. The van der Waals surface area contributed by atoms with Gasteiger partial charge in [-0.1, -0.05) is 77.0 Å². The molecule has 0 aromatic carbocycles. The van der Waals surface area contributed by atoms with Crippen LogP contribution in [0.25, 0.3) is 0 Å². The number of carboxylic acids is 2. The molecule has 0 aliphatic rings. The van der Waals surface area contributed by atoms with Crippen molar-refractivity contribution in [2.45, 2.75) is 122 Å². The lowest BCUT2D eigenvalue weighted by Gasteiger charge is -2.17. The molecular formula is C34H62N2O11. The number of ketones is 1. The molecule has 0 fully saturated rings. The van der Waals surface area contributed by atoms with Crippen LogP contribution >= 0.6 is 0 Å². The zero-order valence-electron chi connectivity index (χ0n) is 28.5. The number of carboxylic acid groups (broad SMARTS) is 2.